The van der Waals surface area contributed by atoms with Crippen LogP contribution in [0.15, 0.2) is 60.0 Å². The van der Waals surface area contributed by atoms with E-state index in [9.17, 15) is 9.59 Å². The highest BCUT2D eigenvalue weighted by Gasteiger charge is 2.14. The number of thiophene rings is 1. The molecule has 1 aromatic heterocycles. The lowest BCUT2D eigenvalue weighted by molar-refractivity contribution is -0.116. The SMILES string of the molecule is COc1ccccc1-c1ccc(CCC(=O)Nc2ccsc2C(=O)O)cc1. The minimum atomic E-state index is -1.03. The summed E-state index contributed by atoms with van der Waals surface area (Å²) < 4.78 is 5.39. The number of nitrogens with one attached hydrogen (secondary N) is 1. The standard InChI is InChI=1S/C21H19NO4S/c1-26-18-5-3-2-4-16(18)15-9-6-14(7-10-15)8-11-19(23)22-17-12-13-27-20(17)21(24)25/h2-7,9-10,12-13H,8,11H2,1H3,(H,22,23)(H,24,25). The molecule has 0 saturated heterocycles. The van der Waals surface area contributed by atoms with Crippen LogP contribution in [0.4, 0.5) is 5.69 Å². The van der Waals surface area contributed by atoms with Crippen LogP contribution in [-0.2, 0) is 11.2 Å². The molecule has 5 nitrogen and oxygen atoms in total. The van der Waals surface area contributed by atoms with Crippen LogP contribution in [0.25, 0.3) is 11.1 Å². The van der Waals surface area contributed by atoms with Crippen molar-refractivity contribution in [2.24, 2.45) is 0 Å². The Morgan fingerprint density at radius 2 is 1.81 bits per heavy atom. The van der Waals surface area contributed by atoms with Gasteiger partial charge in [0.25, 0.3) is 0 Å². The second kappa shape index (κ2) is 8.51. The molecule has 1 heterocycles. The number of amides is 1. The Labute approximate surface area is 161 Å². The number of anilines is 1. The van der Waals surface area contributed by atoms with Gasteiger partial charge in [-0.2, -0.15) is 0 Å². The van der Waals surface area contributed by atoms with Gasteiger partial charge in [0, 0.05) is 12.0 Å². The summed E-state index contributed by atoms with van der Waals surface area (Å²) in [6.07, 6.45) is 0.855. The Hall–Kier alpha value is -3.12. The topological polar surface area (TPSA) is 75.6 Å². The summed E-state index contributed by atoms with van der Waals surface area (Å²) in [6, 6.07) is 17.4. The van der Waals surface area contributed by atoms with Gasteiger partial charge < -0.3 is 15.2 Å². The monoisotopic (exact) mass is 381 g/mol. The van der Waals surface area contributed by atoms with Crippen LogP contribution in [0.1, 0.15) is 21.7 Å². The van der Waals surface area contributed by atoms with Crippen LogP contribution < -0.4 is 10.1 Å². The molecule has 3 rings (SSSR count). The highest BCUT2D eigenvalue weighted by Crippen LogP contribution is 2.29. The van der Waals surface area contributed by atoms with E-state index >= 15 is 0 Å². The molecule has 0 bridgehead atoms. The third kappa shape index (κ3) is 4.54. The Kier molecular flexibility index (Phi) is 5.88. The lowest BCUT2D eigenvalue weighted by Gasteiger charge is -2.09. The minimum Gasteiger partial charge on any atom is -0.496 e. The first-order valence-electron chi connectivity index (χ1n) is 8.41. The maximum atomic E-state index is 12.1. The molecule has 0 unspecified atom stereocenters. The molecule has 2 N–H and O–H groups in total. The number of methoxy groups -OCH3 is 1. The van der Waals surface area contributed by atoms with E-state index in [0.717, 1.165) is 33.8 Å². The first-order chi connectivity index (χ1) is 13.1. The molecule has 0 atom stereocenters. The lowest BCUT2D eigenvalue weighted by atomic mass is 10.0. The van der Waals surface area contributed by atoms with Crippen LogP contribution in [0.2, 0.25) is 0 Å². The number of benzene rings is 2. The van der Waals surface area contributed by atoms with E-state index < -0.39 is 5.97 Å². The van der Waals surface area contributed by atoms with Gasteiger partial charge in [-0.1, -0.05) is 42.5 Å². The zero-order valence-electron chi connectivity index (χ0n) is 14.8. The van der Waals surface area contributed by atoms with E-state index in [2.05, 4.69) is 5.32 Å². The molecule has 0 spiro atoms. The number of hydrogen-bond acceptors (Lipinski definition) is 4. The van der Waals surface area contributed by atoms with Gasteiger partial charge in [-0.25, -0.2) is 4.79 Å². The third-order valence-corrected chi connectivity index (χ3v) is 5.05. The highest BCUT2D eigenvalue weighted by molar-refractivity contribution is 7.12. The van der Waals surface area contributed by atoms with E-state index in [4.69, 9.17) is 9.84 Å². The Morgan fingerprint density at radius 1 is 1.07 bits per heavy atom. The van der Waals surface area contributed by atoms with Crippen molar-refractivity contribution in [1.82, 2.24) is 0 Å². The first-order valence-corrected chi connectivity index (χ1v) is 9.29. The van der Waals surface area contributed by atoms with Crippen molar-refractivity contribution in [3.8, 4) is 16.9 Å². The van der Waals surface area contributed by atoms with Crippen molar-refractivity contribution in [1.29, 1.82) is 0 Å². The Balaban J connectivity index is 1.61. The predicted molar refractivity (Wildman–Crippen MR) is 107 cm³/mol. The second-order valence-electron chi connectivity index (χ2n) is 5.91. The van der Waals surface area contributed by atoms with E-state index in [1.54, 1.807) is 18.6 Å². The van der Waals surface area contributed by atoms with Crippen molar-refractivity contribution in [2.45, 2.75) is 12.8 Å². The molecule has 0 aliphatic heterocycles. The number of para-hydroxylation sites is 1. The van der Waals surface area contributed by atoms with Gasteiger partial charge in [0.2, 0.25) is 5.91 Å². The lowest BCUT2D eigenvalue weighted by Crippen LogP contribution is -2.13. The van der Waals surface area contributed by atoms with Gasteiger partial charge in [0.05, 0.1) is 12.8 Å². The molecule has 27 heavy (non-hydrogen) atoms. The quantitative estimate of drug-likeness (QED) is 0.622. The number of rotatable bonds is 7. The summed E-state index contributed by atoms with van der Waals surface area (Å²) >= 11 is 1.09. The summed E-state index contributed by atoms with van der Waals surface area (Å²) in [7, 11) is 1.65. The third-order valence-electron chi connectivity index (χ3n) is 4.15. The van der Waals surface area contributed by atoms with Crippen LogP contribution in [0, 0.1) is 0 Å². The fourth-order valence-corrected chi connectivity index (χ4v) is 3.47. The largest absolute Gasteiger partial charge is 0.496 e. The number of carbonyl (C=O) groups excluding carboxylic acids is 1. The van der Waals surface area contributed by atoms with Crippen molar-refractivity contribution in [2.75, 3.05) is 12.4 Å². The Bertz CT molecular complexity index is 947. The molecule has 138 valence electrons. The van der Waals surface area contributed by atoms with Gasteiger partial charge in [0.1, 0.15) is 10.6 Å². The molecule has 0 aliphatic carbocycles. The molecule has 0 aliphatic rings. The van der Waals surface area contributed by atoms with Crippen molar-refractivity contribution in [3.63, 3.8) is 0 Å². The van der Waals surface area contributed by atoms with Gasteiger partial charge >= 0.3 is 5.97 Å². The van der Waals surface area contributed by atoms with Gasteiger partial charge in [-0.15, -0.1) is 11.3 Å². The second-order valence-corrected chi connectivity index (χ2v) is 6.83. The number of hydrogen-bond donors (Lipinski definition) is 2. The summed E-state index contributed by atoms with van der Waals surface area (Å²) in [5.41, 5.74) is 3.45. The number of ether oxygens (including phenoxy) is 1. The normalized spacial score (nSPS) is 10.4. The molecular weight excluding hydrogens is 362 g/mol. The van der Waals surface area contributed by atoms with Crippen LogP contribution >= 0.6 is 11.3 Å². The van der Waals surface area contributed by atoms with E-state index in [1.165, 1.54) is 0 Å². The number of carboxylic acids is 1. The van der Waals surface area contributed by atoms with Crippen molar-refractivity contribution < 1.29 is 19.4 Å². The summed E-state index contributed by atoms with van der Waals surface area (Å²) in [5, 5.41) is 13.4. The molecule has 6 heteroatoms. The molecular formula is C21H19NO4S. The summed E-state index contributed by atoms with van der Waals surface area (Å²) in [6.45, 7) is 0. The molecule has 0 radical (unpaired) electrons. The molecule has 0 fully saturated rings. The van der Waals surface area contributed by atoms with Crippen LogP contribution in [0.5, 0.6) is 5.75 Å². The highest BCUT2D eigenvalue weighted by atomic mass is 32.1. The van der Waals surface area contributed by atoms with Crippen LogP contribution in [-0.4, -0.2) is 24.1 Å². The molecule has 2 aromatic carbocycles. The van der Waals surface area contributed by atoms with Gasteiger partial charge in [-0.05, 0) is 35.1 Å². The zero-order chi connectivity index (χ0) is 19.2. The summed E-state index contributed by atoms with van der Waals surface area (Å²) in [4.78, 5) is 23.3. The van der Waals surface area contributed by atoms with E-state index in [-0.39, 0.29) is 17.2 Å². The average molecular weight is 381 g/mol. The van der Waals surface area contributed by atoms with Crippen molar-refractivity contribution in [3.05, 3.63) is 70.4 Å². The minimum absolute atomic E-state index is 0.143. The smallest absolute Gasteiger partial charge is 0.348 e. The van der Waals surface area contributed by atoms with Crippen LogP contribution in [0.3, 0.4) is 0 Å². The molecule has 1 amide bonds. The fourth-order valence-electron chi connectivity index (χ4n) is 2.78. The average Bonchev–Trinajstić information content (AvgIpc) is 3.15. The van der Waals surface area contributed by atoms with Gasteiger partial charge in [0.15, 0.2) is 0 Å². The fraction of sp³-hybridized carbons (Fsp3) is 0.143. The van der Waals surface area contributed by atoms with Crippen molar-refractivity contribution >= 4 is 28.9 Å². The molecule has 3 aromatic rings. The van der Waals surface area contributed by atoms with E-state index in [0.29, 0.717) is 12.1 Å². The van der Waals surface area contributed by atoms with Gasteiger partial charge in [-0.3, -0.25) is 4.79 Å². The number of carboxylic acid groups (broad SMARTS) is 1. The number of aromatic carboxylic acids is 1. The number of carbonyl (C=O) groups is 2. The molecule has 0 saturated carbocycles. The number of aryl methyl sites for hydroxylation is 1. The Morgan fingerprint density at radius 3 is 2.52 bits per heavy atom. The zero-order valence-corrected chi connectivity index (χ0v) is 15.6. The maximum Gasteiger partial charge on any atom is 0.348 e. The first kappa shape index (κ1) is 18.7. The predicted octanol–water partition coefficient (Wildman–Crippen LogP) is 4.69. The van der Waals surface area contributed by atoms with E-state index in [1.807, 2.05) is 48.5 Å². The maximum absolute atomic E-state index is 12.1. The summed E-state index contributed by atoms with van der Waals surface area (Å²) in [5.74, 6) is -0.424.